The monoisotopic (exact) mass is 209 g/mol. The number of ether oxygens (including phenoxy) is 1. The van der Waals surface area contributed by atoms with Crippen molar-refractivity contribution in [1.82, 2.24) is 0 Å². The van der Waals surface area contributed by atoms with Crippen LogP contribution in [0.3, 0.4) is 0 Å². The Morgan fingerprint density at radius 1 is 1.47 bits per heavy atom. The molecule has 0 amide bonds. The maximum absolute atomic E-state index is 10.8. The van der Waals surface area contributed by atoms with Gasteiger partial charge in [-0.25, -0.2) is 4.79 Å². The number of benzene rings is 1. The zero-order valence-electron chi connectivity index (χ0n) is 9.07. The molecule has 82 valence electrons. The van der Waals surface area contributed by atoms with Crippen molar-refractivity contribution in [3.63, 3.8) is 0 Å². The summed E-state index contributed by atoms with van der Waals surface area (Å²) in [6.45, 7) is 4.02. The summed E-state index contributed by atoms with van der Waals surface area (Å²) in [4.78, 5) is 10.8. The molecule has 4 nitrogen and oxygen atoms in total. The minimum absolute atomic E-state index is 0.173. The number of hydrogen-bond acceptors (Lipinski definition) is 3. The first-order chi connectivity index (χ1) is 7.04. The molecule has 1 aromatic carbocycles. The van der Waals surface area contributed by atoms with E-state index in [0.717, 1.165) is 5.69 Å². The van der Waals surface area contributed by atoms with E-state index in [9.17, 15) is 4.79 Å². The largest absolute Gasteiger partial charge is 0.496 e. The van der Waals surface area contributed by atoms with Gasteiger partial charge in [0.1, 0.15) is 11.3 Å². The predicted molar refractivity (Wildman–Crippen MR) is 58.7 cm³/mol. The van der Waals surface area contributed by atoms with Crippen LogP contribution < -0.4 is 10.1 Å². The fourth-order valence-corrected chi connectivity index (χ4v) is 1.29. The van der Waals surface area contributed by atoms with Crippen molar-refractivity contribution >= 4 is 11.7 Å². The summed E-state index contributed by atoms with van der Waals surface area (Å²) in [6.07, 6.45) is 0. The van der Waals surface area contributed by atoms with Crippen LogP contribution in [0.25, 0.3) is 0 Å². The lowest BCUT2D eigenvalue weighted by atomic mass is 10.1. The Morgan fingerprint density at radius 2 is 2.13 bits per heavy atom. The molecule has 2 N–H and O–H groups in total. The Morgan fingerprint density at radius 3 is 2.60 bits per heavy atom. The van der Waals surface area contributed by atoms with Gasteiger partial charge in [-0.15, -0.1) is 0 Å². The second-order valence-electron chi connectivity index (χ2n) is 3.52. The van der Waals surface area contributed by atoms with Gasteiger partial charge in [-0.2, -0.15) is 0 Å². The molecular formula is C11H15NO3. The summed E-state index contributed by atoms with van der Waals surface area (Å²) in [5, 5.41) is 12.0. The van der Waals surface area contributed by atoms with Gasteiger partial charge >= 0.3 is 5.97 Å². The van der Waals surface area contributed by atoms with Gasteiger partial charge in [0.05, 0.1) is 7.11 Å². The highest BCUT2D eigenvalue weighted by molar-refractivity contribution is 5.91. The van der Waals surface area contributed by atoms with Crippen molar-refractivity contribution in [2.45, 2.75) is 19.9 Å². The standard InChI is InChI=1S/C11H15NO3/c1-7(2)12-8-4-5-9(11(13)14)10(6-8)15-3/h4-7,12H,1-3H3,(H,13,14). The smallest absolute Gasteiger partial charge is 0.339 e. The number of nitrogens with one attached hydrogen (secondary N) is 1. The molecule has 0 aliphatic rings. The zero-order chi connectivity index (χ0) is 11.4. The summed E-state index contributed by atoms with van der Waals surface area (Å²) < 4.78 is 5.01. The molecule has 0 heterocycles. The fraction of sp³-hybridized carbons (Fsp3) is 0.364. The van der Waals surface area contributed by atoms with E-state index < -0.39 is 5.97 Å². The van der Waals surface area contributed by atoms with E-state index in [0.29, 0.717) is 11.8 Å². The lowest BCUT2D eigenvalue weighted by molar-refractivity contribution is 0.0693. The fourth-order valence-electron chi connectivity index (χ4n) is 1.29. The van der Waals surface area contributed by atoms with Gasteiger partial charge in [-0.3, -0.25) is 0 Å². The molecule has 0 saturated carbocycles. The van der Waals surface area contributed by atoms with Crippen molar-refractivity contribution < 1.29 is 14.6 Å². The average molecular weight is 209 g/mol. The summed E-state index contributed by atoms with van der Waals surface area (Å²) in [5.41, 5.74) is 1.03. The minimum atomic E-state index is -0.983. The maximum Gasteiger partial charge on any atom is 0.339 e. The van der Waals surface area contributed by atoms with E-state index in [1.165, 1.54) is 13.2 Å². The van der Waals surface area contributed by atoms with Gasteiger partial charge in [-0.1, -0.05) is 0 Å². The van der Waals surface area contributed by atoms with E-state index in [1.807, 2.05) is 13.8 Å². The Hall–Kier alpha value is -1.71. The number of anilines is 1. The summed E-state index contributed by atoms with van der Waals surface area (Å²) in [6, 6.07) is 5.24. The Kier molecular flexibility index (Phi) is 3.55. The van der Waals surface area contributed by atoms with Crippen LogP contribution in [0.15, 0.2) is 18.2 Å². The Bertz CT molecular complexity index is 361. The maximum atomic E-state index is 10.8. The second kappa shape index (κ2) is 4.68. The van der Waals surface area contributed by atoms with E-state index in [4.69, 9.17) is 9.84 Å². The van der Waals surface area contributed by atoms with E-state index in [2.05, 4.69) is 5.32 Å². The molecule has 0 aliphatic carbocycles. The highest BCUT2D eigenvalue weighted by Gasteiger charge is 2.11. The van der Waals surface area contributed by atoms with Crippen molar-refractivity contribution in [3.05, 3.63) is 23.8 Å². The zero-order valence-corrected chi connectivity index (χ0v) is 9.07. The molecular weight excluding hydrogens is 194 g/mol. The summed E-state index contributed by atoms with van der Waals surface area (Å²) in [7, 11) is 1.46. The van der Waals surface area contributed by atoms with Crippen LogP contribution in [0.2, 0.25) is 0 Å². The highest BCUT2D eigenvalue weighted by atomic mass is 16.5. The van der Waals surface area contributed by atoms with Gasteiger partial charge < -0.3 is 15.2 Å². The molecule has 0 bridgehead atoms. The van der Waals surface area contributed by atoms with Gasteiger partial charge in [-0.05, 0) is 26.0 Å². The molecule has 0 fully saturated rings. The third-order valence-electron chi connectivity index (χ3n) is 1.89. The summed E-state index contributed by atoms with van der Waals surface area (Å²) >= 11 is 0. The lowest BCUT2D eigenvalue weighted by Gasteiger charge is -2.12. The molecule has 0 radical (unpaired) electrons. The molecule has 0 aromatic heterocycles. The number of carboxylic acids is 1. The molecule has 1 aromatic rings. The van der Waals surface area contributed by atoms with E-state index in [-0.39, 0.29) is 5.56 Å². The molecule has 0 saturated heterocycles. The lowest BCUT2D eigenvalue weighted by Crippen LogP contribution is -2.10. The molecule has 0 atom stereocenters. The SMILES string of the molecule is COc1cc(NC(C)C)ccc1C(=O)O. The van der Waals surface area contributed by atoms with E-state index in [1.54, 1.807) is 12.1 Å². The highest BCUT2D eigenvalue weighted by Crippen LogP contribution is 2.23. The predicted octanol–water partition coefficient (Wildman–Crippen LogP) is 2.21. The molecule has 15 heavy (non-hydrogen) atoms. The second-order valence-corrected chi connectivity index (χ2v) is 3.52. The number of rotatable bonds is 4. The normalized spacial score (nSPS) is 10.1. The van der Waals surface area contributed by atoms with Crippen molar-refractivity contribution in [2.75, 3.05) is 12.4 Å². The van der Waals surface area contributed by atoms with Gasteiger partial charge in [0.25, 0.3) is 0 Å². The van der Waals surface area contributed by atoms with Gasteiger partial charge in [0, 0.05) is 17.8 Å². The third-order valence-corrected chi connectivity index (χ3v) is 1.89. The van der Waals surface area contributed by atoms with Crippen molar-refractivity contribution in [2.24, 2.45) is 0 Å². The van der Waals surface area contributed by atoms with E-state index >= 15 is 0 Å². The summed E-state index contributed by atoms with van der Waals surface area (Å²) in [5.74, 6) is -0.615. The number of carbonyl (C=O) groups is 1. The van der Waals surface area contributed by atoms with Gasteiger partial charge in [0.2, 0.25) is 0 Å². The third kappa shape index (κ3) is 2.87. The van der Waals surface area contributed by atoms with Crippen LogP contribution in [0.5, 0.6) is 5.75 Å². The van der Waals surface area contributed by atoms with Crippen molar-refractivity contribution in [1.29, 1.82) is 0 Å². The molecule has 0 aliphatic heterocycles. The number of carboxylic acid groups (broad SMARTS) is 1. The first kappa shape index (κ1) is 11.4. The van der Waals surface area contributed by atoms with Crippen LogP contribution in [0.4, 0.5) is 5.69 Å². The van der Waals surface area contributed by atoms with Crippen molar-refractivity contribution in [3.8, 4) is 5.75 Å². The molecule has 1 rings (SSSR count). The van der Waals surface area contributed by atoms with Crippen LogP contribution in [0.1, 0.15) is 24.2 Å². The molecule has 4 heteroatoms. The topological polar surface area (TPSA) is 58.6 Å². The quantitative estimate of drug-likeness (QED) is 0.798. The Balaban J connectivity index is 3.02. The number of methoxy groups -OCH3 is 1. The average Bonchev–Trinajstić information content (AvgIpc) is 2.16. The first-order valence-corrected chi connectivity index (χ1v) is 4.72. The Labute approximate surface area is 88.9 Å². The van der Waals surface area contributed by atoms with Crippen LogP contribution >= 0.6 is 0 Å². The number of aromatic carboxylic acids is 1. The van der Waals surface area contributed by atoms with Gasteiger partial charge in [0.15, 0.2) is 0 Å². The first-order valence-electron chi connectivity index (χ1n) is 4.72. The molecule has 0 unspecified atom stereocenters. The molecule has 0 spiro atoms. The van der Waals surface area contributed by atoms with Crippen LogP contribution in [-0.4, -0.2) is 24.2 Å². The minimum Gasteiger partial charge on any atom is -0.496 e. The number of hydrogen-bond donors (Lipinski definition) is 2. The van der Waals surface area contributed by atoms with Crippen LogP contribution in [-0.2, 0) is 0 Å². The van der Waals surface area contributed by atoms with Crippen LogP contribution in [0, 0.1) is 0 Å².